The Hall–Kier alpha value is -6.57. The van der Waals surface area contributed by atoms with Crippen molar-refractivity contribution < 1.29 is 76.9 Å². The summed E-state index contributed by atoms with van der Waals surface area (Å²) in [5, 5.41) is 24.5. The molecule has 3 amide bonds. The van der Waals surface area contributed by atoms with Crippen LogP contribution in [0.3, 0.4) is 0 Å². The molecular formula is C43H30F12N4O5S3. The van der Waals surface area contributed by atoms with Gasteiger partial charge in [-0.1, -0.05) is 29.6 Å². The minimum absolute atomic E-state index is 0.0112. The van der Waals surface area contributed by atoms with Crippen LogP contribution in [-0.4, -0.2) is 72.2 Å². The van der Waals surface area contributed by atoms with Crippen LogP contribution in [0.25, 0.3) is 0 Å². The monoisotopic (exact) mass is 1010 g/mol. The van der Waals surface area contributed by atoms with E-state index < -0.39 is 58.3 Å². The molecule has 0 aliphatic carbocycles. The van der Waals surface area contributed by atoms with Gasteiger partial charge in [0.25, 0.3) is 17.7 Å². The highest BCUT2D eigenvalue weighted by Crippen LogP contribution is 2.39. The van der Waals surface area contributed by atoms with E-state index in [1.165, 1.54) is 60.7 Å². The number of carbonyl (C=O) groups excluding carboxylic acids is 3. The number of thioether (sulfide) groups is 3. The molecule has 0 aliphatic heterocycles. The zero-order valence-corrected chi connectivity index (χ0v) is 36.0. The standard InChI is InChI=1S/C20H12F6N2O2S.C12H10F3NO2S.C11H8F3NOS/c21-19(22,23)16-8-3-13(12-27)11-17(16)30-10-2-1-9-28-18(29)14-4-6-15(7-5-14)31-20(24,25)26;13-12(14,15)19-10-5-3-9(4-6-10)11(18)16-7-1-2-8-17;1-2-7-15-10(16)8-3-5-9(6-4-8)17-11(12,13)14/h3-8,11H,9-10H2,(H,28,29);3-6,17H,7-8H2,(H,16,18);1,3-6H,7H2,(H,15,16). The van der Waals surface area contributed by atoms with Crippen molar-refractivity contribution in [1.82, 2.24) is 16.0 Å². The highest BCUT2D eigenvalue weighted by Gasteiger charge is 2.35. The molecule has 0 saturated carbocycles. The van der Waals surface area contributed by atoms with Crippen molar-refractivity contribution in [2.75, 3.05) is 32.8 Å². The second kappa shape index (κ2) is 27.2. The number of nitriles is 1. The zero-order chi connectivity index (χ0) is 50.3. The second-order valence-corrected chi connectivity index (χ2v) is 15.4. The third-order valence-electron chi connectivity index (χ3n) is 7.12. The molecule has 9 nitrogen and oxygen atoms in total. The van der Waals surface area contributed by atoms with Gasteiger partial charge in [0, 0.05) is 31.4 Å². The van der Waals surface area contributed by atoms with Crippen molar-refractivity contribution in [3.05, 3.63) is 119 Å². The number of nitrogens with one attached hydrogen (secondary N) is 3. The highest BCUT2D eigenvalue weighted by atomic mass is 32.2. The Bertz CT molecular complexity index is 2480. The summed E-state index contributed by atoms with van der Waals surface area (Å²) in [5.41, 5.74) is -13.5. The van der Waals surface area contributed by atoms with Crippen LogP contribution in [0.15, 0.2) is 106 Å². The van der Waals surface area contributed by atoms with E-state index in [1.807, 2.05) is 0 Å². The summed E-state index contributed by atoms with van der Waals surface area (Å²) in [4.78, 5) is 34.8. The van der Waals surface area contributed by atoms with Gasteiger partial charge in [-0.2, -0.15) is 57.9 Å². The maximum atomic E-state index is 13.0. The van der Waals surface area contributed by atoms with Crippen LogP contribution < -0.4 is 20.7 Å². The molecule has 0 saturated heterocycles. The van der Waals surface area contributed by atoms with Crippen LogP contribution >= 0.6 is 35.3 Å². The Kier molecular flexibility index (Phi) is 22.9. The van der Waals surface area contributed by atoms with E-state index >= 15 is 0 Å². The summed E-state index contributed by atoms with van der Waals surface area (Å²) in [6, 6.07) is 19.4. The summed E-state index contributed by atoms with van der Waals surface area (Å²) in [7, 11) is 0. The van der Waals surface area contributed by atoms with Crippen LogP contribution in [-0.2, 0) is 6.18 Å². The van der Waals surface area contributed by atoms with Crippen molar-refractivity contribution in [2.45, 2.75) is 37.4 Å². The van der Waals surface area contributed by atoms with Gasteiger partial charge in [-0.3, -0.25) is 14.4 Å². The number of terminal acetylenes is 1. The number of rotatable bonds is 11. The van der Waals surface area contributed by atoms with Gasteiger partial charge in [0.2, 0.25) is 0 Å². The topological polar surface area (TPSA) is 141 Å². The molecule has 0 heterocycles. The van der Waals surface area contributed by atoms with Crippen molar-refractivity contribution in [3.63, 3.8) is 0 Å². The molecule has 354 valence electrons. The molecular weight excluding hydrogens is 977 g/mol. The lowest BCUT2D eigenvalue weighted by molar-refractivity contribution is -0.138. The van der Waals surface area contributed by atoms with E-state index in [1.54, 1.807) is 6.07 Å². The van der Waals surface area contributed by atoms with Crippen LogP contribution in [0, 0.1) is 47.4 Å². The summed E-state index contributed by atoms with van der Waals surface area (Å²) in [5.74, 6) is 10.0. The average molecular weight is 1010 g/mol. The molecule has 0 atom stereocenters. The minimum atomic E-state index is -4.67. The Morgan fingerprint density at radius 3 is 1.27 bits per heavy atom. The molecule has 0 fully saturated rings. The highest BCUT2D eigenvalue weighted by molar-refractivity contribution is 8.00. The number of hydrogen-bond acceptors (Lipinski definition) is 9. The Morgan fingerprint density at radius 1 is 0.567 bits per heavy atom. The predicted octanol–water partition coefficient (Wildman–Crippen LogP) is 9.69. The lowest BCUT2D eigenvalue weighted by atomic mass is 10.1. The number of amides is 3. The van der Waals surface area contributed by atoms with Gasteiger partial charge >= 0.3 is 22.7 Å². The fraction of sp³-hybridized carbons (Fsp3) is 0.209. The van der Waals surface area contributed by atoms with E-state index in [4.69, 9.17) is 21.5 Å². The van der Waals surface area contributed by atoms with Crippen molar-refractivity contribution >= 4 is 53.0 Å². The molecule has 0 unspecified atom stereocenters. The summed E-state index contributed by atoms with van der Waals surface area (Å²) >= 11 is -0.766. The van der Waals surface area contributed by atoms with E-state index in [9.17, 15) is 67.1 Å². The average Bonchev–Trinajstić information content (AvgIpc) is 3.24. The quantitative estimate of drug-likeness (QED) is 0.0657. The maximum absolute atomic E-state index is 13.0. The molecule has 0 bridgehead atoms. The van der Waals surface area contributed by atoms with Gasteiger partial charge in [-0.05, 0) is 126 Å². The number of aliphatic hydroxyl groups is 1. The number of aliphatic hydroxyl groups excluding tert-OH is 1. The first-order valence-corrected chi connectivity index (χ1v) is 20.4. The Labute approximate surface area is 386 Å². The molecule has 0 radical (unpaired) electrons. The minimum Gasteiger partial charge on any atom is -0.480 e. The molecule has 4 aromatic rings. The van der Waals surface area contributed by atoms with E-state index in [0.29, 0.717) is 0 Å². The molecule has 4 N–H and O–H groups in total. The van der Waals surface area contributed by atoms with Gasteiger partial charge in [-0.25, -0.2) is 0 Å². The van der Waals surface area contributed by atoms with Gasteiger partial charge < -0.3 is 25.8 Å². The molecule has 0 spiro atoms. The lowest BCUT2D eigenvalue weighted by Crippen LogP contribution is -2.23. The zero-order valence-electron chi connectivity index (χ0n) is 33.6. The van der Waals surface area contributed by atoms with E-state index in [0.717, 1.165) is 30.3 Å². The third-order valence-corrected chi connectivity index (χ3v) is 9.34. The maximum Gasteiger partial charge on any atom is 0.446 e. The molecule has 4 aromatic carbocycles. The van der Waals surface area contributed by atoms with Crippen LogP contribution in [0.2, 0.25) is 0 Å². The predicted molar refractivity (Wildman–Crippen MR) is 225 cm³/mol. The molecule has 24 heteroatoms. The van der Waals surface area contributed by atoms with Gasteiger partial charge in [0.15, 0.2) is 0 Å². The van der Waals surface area contributed by atoms with Crippen molar-refractivity contribution in [2.24, 2.45) is 0 Å². The molecule has 0 aliphatic rings. The van der Waals surface area contributed by atoms with E-state index in [2.05, 4.69) is 45.6 Å². The number of benzene rings is 4. The first kappa shape index (κ1) is 56.6. The normalized spacial score (nSPS) is 10.9. The van der Waals surface area contributed by atoms with Crippen LogP contribution in [0.1, 0.15) is 42.2 Å². The van der Waals surface area contributed by atoms with Gasteiger partial charge in [0.05, 0.1) is 36.8 Å². The number of hydrogen-bond donors (Lipinski definition) is 4. The third kappa shape index (κ3) is 24.0. The van der Waals surface area contributed by atoms with Gasteiger partial charge in [-0.15, -0.1) is 6.42 Å². The molecule has 67 heavy (non-hydrogen) atoms. The SMILES string of the molecule is C#CCNC(=O)c1ccc(SC(F)(F)F)cc1.N#Cc1ccc(C(F)(F)F)c(OCC#CCNC(=O)c2ccc(SC(F)(F)F)cc2)c1.O=C(NCC#CCO)c1ccc(SC(F)(F)F)cc1. The first-order chi connectivity index (χ1) is 31.3. The van der Waals surface area contributed by atoms with Crippen molar-refractivity contribution in [1.29, 1.82) is 5.26 Å². The Balaban J connectivity index is 0.000000368. The molecule has 0 aromatic heterocycles. The Morgan fingerprint density at radius 2 is 0.940 bits per heavy atom. The van der Waals surface area contributed by atoms with E-state index in [-0.39, 0.29) is 98.5 Å². The number of ether oxygens (including phenoxy) is 1. The fourth-order valence-corrected chi connectivity index (χ4v) is 6.02. The van der Waals surface area contributed by atoms with Crippen LogP contribution in [0.4, 0.5) is 52.7 Å². The number of halogens is 12. The molecule has 4 rings (SSSR count). The van der Waals surface area contributed by atoms with Crippen molar-refractivity contribution in [3.8, 4) is 47.8 Å². The number of nitrogens with zero attached hydrogens (tertiary/aromatic N) is 1. The second-order valence-electron chi connectivity index (χ2n) is 11.9. The smallest absolute Gasteiger partial charge is 0.446 e. The number of alkyl halides is 12. The largest absolute Gasteiger partial charge is 0.480 e. The fourth-order valence-electron chi connectivity index (χ4n) is 4.40. The number of carbonyl (C=O) groups is 3. The lowest BCUT2D eigenvalue weighted by Gasteiger charge is -2.12. The van der Waals surface area contributed by atoms with Crippen LogP contribution in [0.5, 0.6) is 5.75 Å². The summed E-state index contributed by atoms with van der Waals surface area (Å²) in [6.07, 6.45) is 0.288. The summed E-state index contributed by atoms with van der Waals surface area (Å²) in [6.45, 7) is -0.724. The summed E-state index contributed by atoms with van der Waals surface area (Å²) < 4.78 is 153. The first-order valence-electron chi connectivity index (χ1n) is 18.0. The van der Waals surface area contributed by atoms with Gasteiger partial charge in [0.1, 0.15) is 19.0 Å².